The van der Waals surface area contributed by atoms with E-state index in [-0.39, 0.29) is 17.5 Å². The monoisotopic (exact) mass is 549 g/mol. The van der Waals surface area contributed by atoms with Crippen LogP contribution in [0, 0.1) is 5.92 Å². The highest BCUT2D eigenvalue weighted by molar-refractivity contribution is 5.74. The summed E-state index contributed by atoms with van der Waals surface area (Å²) < 4.78 is 12.4. The fourth-order valence-corrected chi connectivity index (χ4v) is 7.82. The molecule has 2 bridgehead atoms. The van der Waals surface area contributed by atoms with Gasteiger partial charge in [0.15, 0.2) is 11.5 Å². The zero-order chi connectivity index (χ0) is 28.0. The fraction of sp³-hybridized carbons (Fsp3) is 0.686. The molecule has 1 aromatic rings. The molecule has 0 amide bonds. The third-order valence-corrected chi connectivity index (χ3v) is 10.0. The summed E-state index contributed by atoms with van der Waals surface area (Å²) >= 11 is 0. The molecule has 1 aromatic carbocycles. The molecule has 1 saturated heterocycles. The van der Waals surface area contributed by atoms with Crippen molar-refractivity contribution in [1.29, 1.82) is 0 Å². The molecular formula is C35H51NO4. The Balaban J connectivity index is 1.04. The van der Waals surface area contributed by atoms with E-state index in [4.69, 9.17) is 9.47 Å². The van der Waals surface area contributed by atoms with E-state index in [1.807, 2.05) is 12.1 Å². The molecular weight excluding hydrogens is 498 g/mol. The summed E-state index contributed by atoms with van der Waals surface area (Å²) in [5, 5.41) is 10.9. The maximum Gasteiger partial charge on any atom is 0.311 e. The SMILES string of the molecule is CCCCCCCCC=CCCCCCCCC(=O)Oc1ccc2c3c1O[C@H]1[C@@H](O)C=C[C@H]4[C@@H](C2)N(C)CC[C@@]341. The molecule has 4 aliphatic rings. The van der Waals surface area contributed by atoms with E-state index >= 15 is 0 Å². The van der Waals surface area contributed by atoms with Gasteiger partial charge in [-0.2, -0.15) is 0 Å². The minimum atomic E-state index is -0.641. The molecule has 0 saturated carbocycles. The van der Waals surface area contributed by atoms with E-state index in [2.05, 4.69) is 43.2 Å². The molecule has 5 nitrogen and oxygen atoms in total. The van der Waals surface area contributed by atoms with Crippen LogP contribution in [-0.4, -0.2) is 47.8 Å². The lowest BCUT2D eigenvalue weighted by Crippen LogP contribution is -2.64. The first-order valence-electron chi connectivity index (χ1n) is 16.3. The Morgan fingerprint density at radius 1 is 1.02 bits per heavy atom. The summed E-state index contributed by atoms with van der Waals surface area (Å²) in [6.07, 6.45) is 26.3. The highest BCUT2D eigenvalue weighted by Crippen LogP contribution is 2.62. The first kappa shape index (κ1) is 29.4. The minimum Gasteiger partial charge on any atom is -0.482 e. The topological polar surface area (TPSA) is 59.0 Å². The molecule has 1 N–H and O–H groups in total. The summed E-state index contributed by atoms with van der Waals surface area (Å²) in [5.41, 5.74) is 2.26. The van der Waals surface area contributed by atoms with Gasteiger partial charge in [-0.3, -0.25) is 4.79 Å². The van der Waals surface area contributed by atoms with E-state index in [0.717, 1.165) is 38.6 Å². The lowest BCUT2D eigenvalue weighted by atomic mass is 9.53. The molecule has 2 aliphatic carbocycles. The van der Waals surface area contributed by atoms with Gasteiger partial charge in [0, 0.05) is 29.4 Å². The van der Waals surface area contributed by atoms with Crippen molar-refractivity contribution < 1.29 is 19.4 Å². The Hall–Kier alpha value is -2.11. The molecule has 40 heavy (non-hydrogen) atoms. The van der Waals surface area contributed by atoms with Crippen LogP contribution >= 0.6 is 0 Å². The van der Waals surface area contributed by atoms with Crippen LogP contribution in [0.5, 0.6) is 11.5 Å². The minimum absolute atomic E-state index is 0.183. The number of carbonyl (C=O) groups excluding carboxylic acids is 1. The highest BCUT2D eigenvalue weighted by atomic mass is 16.6. The van der Waals surface area contributed by atoms with Crippen molar-refractivity contribution in [2.24, 2.45) is 5.92 Å². The van der Waals surface area contributed by atoms with E-state index < -0.39 is 6.10 Å². The van der Waals surface area contributed by atoms with Gasteiger partial charge in [-0.25, -0.2) is 0 Å². The van der Waals surface area contributed by atoms with Crippen molar-refractivity contribution in [1.82, 2.24) is 4.90 Å². The van der Waals surface area contributed by atoms with Crippen LogP contribution in [0.1, 0.15) is 114 Å². The Labute approximate surface area is 242 Å². The number of rotatable bonds is 16. The molecule has 1 spiro atoms. The Kier molecular flexibility index (Phi) is 10.1. The molecule has 0 unspecified atom stereocenters. The van der Waals surface area contributed by atoms with Crippen LogP contribution in [0.3, 0.4) is 0 Å². The van der Waals surface area contributed by atoms with Gasteiger partial charge in [0.1, 0.15) is 12.2 Å². The van der Waals surface area contributed by atoms with Crippen LogP contribution in [-0.2, 0) is 16.6 Å². The van der Waals surface area contributed by atoms with E-state index in [0.29, 0.717) is 29.9 Å². The molecule has 2 heterocycles. The summed E-state index contributed by atoms with van der Waals surface area (Å²) in [5.74, 6) is 1.37. The number of likely N-dealkylation sites (N-methyl/N-ethyl adjacent to an activating group) is 1. The van der Waals surface area contributed by atoms with Crippen molar-refractivity contribution in [2.75, 3.05) is 13.6 Å². The van der Waals surface area contributed by atoms with Crippen LogP contribution in [0.2, 0.25) is 0 Å². The third kappa shape index (κ3) is 6.06. The number of ether oxygens (including phenoxy) is 2. The summed E-state index contributed by atoms with van der Waals surface area (Å²) in [6, 6.07) is 4.46. The average molecular weight is 550 g/mol. The predicted molar refractivity (Wildman–Crippen MR) is 161 cm³/mol. The standard InChI is InChI=1S/C35H51NO4/c1-3-4-5-6-7-8-9-10-11-12-13-14-15-16-17-18-31(38)39-30-22-19-26-25-28-27-20-21-29(37)34-35(27,23-24-36(28)2)32(26)33(30)40-34/h10-11,19-22,27-29,34,37H,3-9,12-18,23-25H2,1-2H3/t27-,28+,29-,34-,35-/m0/s1. The first-order valence-corrected chi connectivity index (χ1v) is 16.3. The van der Waals surface area contributed by atoms with Crippen LogP contribution in [0.25, 0.3) is 0 Å². The molecule has 5 heteroatoms. The zero-order valence-electron chi connectivity index (χ0n) is 24.9. The van der Waals surface area contributed by atoms with E-state index in [9.17, 15) is 9.90 Å². The molecule has 5 atom stereocenters. The summed E-state index contributed by atoms with van der Waals surface area (Å²) in [7, 11) is 2.21. The third-order valence-electron chi connectivity index (χ3n) is 10.0. The van der Waals surface area contributed by atoms with Crippen LogP contribution in [0.15, 0.2) is 36.4 Å². The maximum absolute atomic E-state index is 12.8. The Bertz CT molecular complexity index is 1060. The second-order valence-electron chi connectivity index (χ2n) is 12.7. The van der Waals surface area contributed by atoms with Crippen LogP contribution in [0.4, 0.5) is 0 Å². The fourth-order valence-electron chi connectivity index (χ4n) is 7.82. The van der Waals surface area contributed by atoms with Gasteiger partial charge in [-0.15, -0.1) is 0 Å². The number of carbonyl (C=O) groups is 1. The van der Waals surface area contributed by atoms with Crippen molar-refractivity contribution in [3.63, 3.8) is 0 Å². The highest BCUT2D eigenvalue weighted by Gasteiger charge is 2.64. The second kappa shape index (κ2) is 13.7. The number of esters is 1. The molecule has 1 fully saturated rings. The Morgan fingerprint density at radius 3 is 2.48 bits per heavy atom. The number of allylic oxidation sites excluding steroid dienone is 2. The quantitative estimate of drug-likeness (QED) is 0.101. The number of nitrogens with zero attached hydrogens (tertiary/aromatic N) is 1. The largest absolute Gasteiger partial charge is 0.482 e. The van der Waals surface area contributed by atoms with Gasteiger partial charge in [0.05, 0.1) is 0 Å². The van der Waals surface area contributed by atoms with Gasteiger partial charge in [0.25, 0.3) is 0 Å². The molecule has 0 radical (unpaired) electrons. The average Bonchev–Trinajstić information content (AvgIpc) is 3.31. The molecule has 2 aliphatic heterocycles. The van der Waals surface area contributed by atoms with Crippen molar-refractivity contribution >= 4 is 5.97 Å². The number of unbranched alkanes of at least 4 members (excludes halogenated alkanes) is 11. The number of piperidine rings is 1. The Morgan fingerprint density at radius 2 is 1.73 bits per heavy atom. The normalized spacial score (nSPS) is 28.1. The van der Waals surface area contributed by atoms with Crippen LogP contribution < -0.4 is 9.47 Å². The summed E-state index contributed by atoms with van der Waals surface area (Å²) in [4.78, 5) is 15.2. The predicted octanol–water partition coefficient (Wildman–Crippen LogP) is 7.44. The van der Waals surface area contributed by atoms with Gasteiger partial charge < -0.3 is 19.5 Å². The van der Waals surface area contributed by atoms with E-state index in [1.165, 1.54) is 75.3 Å². The summed E-state index contributed by atoms with van der Waals surface area (Å²) in [6.45, 7) is 3.25. The molecule has 5 rings (SSSR count). The number of likely N-dealkylation sites (tertiary alicyclic amines) is 1. The number of benzene rings is 1. The van der Waals surface area contributed by atoms with Gasteiger partial charge in [-0.05, 0) is 70.2 Å². The van der Waals surface area contributed by atoms with Gasteiger partial charge in [-0.1, -0.05) is 88.7 Å². The molecule has 220 valence electrons. The van der Waals surface area contributed by atoms with E-state index in [1.54, 1.807) is 0 Å². The van der Waals surface area contributed by atoms with Crippen molar-refractivity contribution in [3.8, 4) is 11.5 Å². The number of hydrogen-bond donors (Lipinski definition) is 1. The first-order chi connectivity index (χ1) is 19.6. The van der Waals surface area contributed by atoms with Gasteiger partial charge in [0.2, 0.25) is 0 Å². The maximum atomic E-state index is 12.8. The van der Waals surface area contributed by atoms with Crippen molar-refractivity contribution in [2.45, 2.75) is 133 Å². The second-order valence-corrected chi connectivity index (χ2v) is 12.7. The zero-order valence-corrected chi connectivity index (χ0v) is 24.9. The number of hydrogen-bond acceptors (Lipinski definition) is 5. The lowest BCUT2D eigenvalue weighted by Gasteiger charge is -2.56. The lowest BCUT2D eigenvalue weighted by molar-refractivity contribution is -0.134. The number of aliphatic hydroxyl groups is 1. The molecule has 0 aromatic heterocycles. The smallest absolute Gasteiger partial charge is 0.311 e. The van der Waals surface area contributed by atoms with Gasteiger partial charge >= 0.3 is 5.97 Å². The van der Waals surface area contributed by atoms with Crippen molar-refractivity contribution in [3.05, 3.63) is 47.6 Å². The number of aliphatic hydroxyl groups excluding tert-OH is 1.